The van der Waals surface area contributed by atoms with Crippen LogP contribution in [0.4, 0.5) is 5.69 Å². The lowest BCUT2D eigenvalue weighted by Gasteiger charge is -2.15. The van der Waals surface area contributed by atoms with Crippen molar-refractivity contribution < 1.29 is 9.59 Å². The van der Waals surface area contributed by atoms with Crippen molar-refractivity contribution in [1.82, 2.24) is 5.32 Å². The predicted molar refractivity (Wildman–Crippen MR) is 86.6 cm³/mol. The van der Waals surface area contributed by atoms with Crippen LogP contribution in [0.2, 0.25) is 0 Å². The molecule has 0 saturated heterocycles. The summed E-state index contributed by atoms with van der Waals surface area (Å²) in [5, 5.41) is 3.03. The Hall–Kier alpha value is -1.84. The number of benzene rings is 1. The third-order valence-electron chi connectivity index (χ3n) is 4.86. The van der Waals surface area contributed by atoms with Crippen LogP contribution in [0.1, 0.15) is 50.2 Å². The van der Waals surface area contributed by atoms with Crippen LogP contribution < -0.4 is 10.2 Å². The van der Waals surface area contributed by atoms with E-state index in [9.17, 15) is 9.59 Å². The quantitative estimate of drug-likeness (QED) is 0.929. The Balaban J connectivity index is 1.55. The van der Waals surface area contributed by atoms with Crippen LogP contribution in [0.15, 0.2) is 18.2 Å². The lowest BCUT2D eigenvalue weighted by Crippen LogP contribution is -2.26. The van der Waals surface area contributed by atoms with Gasteiger partial charge in [0.05, 0.1) is 0 Å². The summed E-state index contributed by atoms with van der Waals surface area (Å²) >= 11 is 0. The zero-order valence-electron chi connectivity index (χ0n) is 13.2. The number of anilines is 1. The Bertz CT molecular complexity index is 576. The molecule has 3 rings (SSSR count). The largest absolute Gasteiger partial charge is 0.352 e. The van der Waals surface area contributed by atoms with Crippen molar-refractivity contribution >= 4 is 17.5 Å². The fourth-order valence-electron chi connectivity index (χ4n) is 3.64. The molecule has 118 valence electrons. The molecule has 2 amide bonds. The molecule has 1 fully saturated rings. The van der Waals surface area contributed by atoms with Gasteiger partial charge in [-0.15, -0.1) is 0 Å². The summed E-state index contributed by atoms with van der Waals surface area (Å²) in [6.07, 6.45) is 6.52. The summed E-state index contributed by atoms with van der Waals surface area (Å²) in [4.78, 5) is 25.3. The molecule has 22 heavy (non-hydrogen) atoms. The van der Waals surface area contributed by atoms with Gasteiger partial charge in [0.15, 0.2) is 0 Å². The summed E-state index contributed by atoms with van der Waals surface area (Å²) < 4.78 is 0. The van der Waals surface area contributed by atoms with E-state index in [2.05, 4.69) is 11.4 Å². The van der Waals surface area contributed by atoms with Gasteiger partial charge in [-0.25, -0.2) is 0 Å². The van der Waals surface area contributed by atoms with E-state index in [-0.39, 0.29) is 11.8 Å². The van der Waals surface area contributed by atoms with Gasteiger partial charge < -0.3 is 10.2 Å². The number of hydrogen-bond donors (Lipinski definition) is 1. The molecule has 1 aliphatic heterocycles. The molecule has 0 radical (unpaired) electrons. The number of rotatable bonds is 4. The maximum absolute atomic E-state index is 12.0. The average Bonchev–Trinajstić information content (AvgIpc) is 3.13. The Kier molecular flexibility index (Phi) is 4.46. The zero-order valence-corrected chi connectivity index (χ0v) is 13.2. The van der Waals surface area contributed by atoms with Crippen LogP contribution in [0.3, 0.4) is 0 Å². The number of nitrogens with one attached hydrogen (secondary N) is 1. The second-order valence-electron chi connectivity index (χ2n) is 6.52. The van der Waals surface area contributed by atoms with Gasteiger partial charge in [0, 0.05) is 32.1 Å². The highest BCUT2D eigenvalue weighted by atomic mass is 16.2. The molecule has 1 aliphatic carbocycles. The van der Waals surface area contributed by atoms with E-state index < -0.39 is 0 Å². The van der Waals surface area contributed by atoms with Crippen molar-refractivity contribution in [2.75, 3.05) is 11.4 Å². The Morgan fingerprint density at radius 2 is 2.05 bits per heavy atom. The smallest absolute Gasteiger partial charge is 0.223 e. The van der Waals surface area contributed by atoms with Crippen molar-refractivity contribution in [3.8, 4) is 0 Å². The van der Waals surface area contributed by atoms with Gasteiger partial charge in [0.2, 0.25) is 11.8 Å². The fraction of sp³-hybridized carbons (Fsp3) is 0.556. The fourth-order valence-corrected chi connectivity index (χ4v) is 3.64. The van der Waals surface area contributed by atoms with Gasteiger partial charge in [-0.2, -0.15) is 0 Å². The summed E-state index contributed by atoms with van der Waals surface area (Å²) in [6, 6.07) is 6.13. The molecule has 1 aromatic carbocycles. The highest BCUT2D eigenvalue weighted by Gasteiger charge is 2.22. The molecule has 1 aromatic rings. The molecule has 1 heterocycles. The second-order valence-corrected chi connectivity index (χ2v) is 6.52. The van der Waals surface area contributed by atoms with Gasteiger partial charge in [-0.05, 0) is 42.4 Å². The van der Waals surface area contributed by atoms with E-state index in [1.165, 1.54) is 31.2 Å². The predicted octanol–water partition coefficient (Wildman–Crippen LogP) is 2.79. The molecule has 0 bridgehead atoms. The van der Waals surface area contributed by atoms with Crippen molar-refractivity contribution in [3.63, 3.8) is 0 Å². The summed E-state index contributed by atoms with van der Waals surface area (Å²) in [5.41, 5.74) is 3.34. The van der Waals surface area contributed by atoms with Gasteiger partial charge in [-0.1, -0.05) is 25.0 Å². The van der Waals surface area contributed by atoms with E-state index >= 15 is 0 Å². The summed E-state index contributed by atoms with van der Waals surface area (Å²) in [7, 11) is 0. The van der Waals surface area contributed by atoms with Crippen molar-refractivity contribution in [1.29, 1.82) is 0 Å². The number of amides is 2. The maximum atomic E-state index is 12.0. The van der Waals surface area contributed by atoms with Crippen LogP contribution in [-0.4, -0.2) is 18.4 Å². The van der Waals surface area contributed by atoms with Crippen molar-refractivity contribution in [3.05, 3.63) is 29.3 Å². The number of nitrogens with zero attached hydrogens (tertiary/aromatic N) is 1. The van der Waals surface area contributed by atoms with Crippen LogP contribution in [-0.2, 0) is 22.6 Å². The maximum Gasteiger partial charge on any atom is 0.223 e. The molecule has 0 aromatic heterocycles. The molecule has 2 aliphatic rings. The van der Waals surface area contributed by atoms with Gasteiger partial charge in [-0.3, -0.25) is 9.59 Å². The molecular weight excluding hydrogens is 276 g/mol. The molecule has 0 unspecified atom stereocenters. The minimum absolute atomic E-state index is 0.0939. The number of fused-ring (bicyclic) bond motifs is 1. The first kappa shape index (κ1) is 15.1. The molecule has 4 heteroatoms. The van der Waals surface area contributed by atoms with E-state index in [0.29, 0.717) is 18.9 Å². The number of carbonyl (C=O) groups excluding carboxylic acids is 2. The molecule has 4 nitrogen and oxygen atoms in total. The van der Waals surface area contributed by atoms with Crippen LogP contribution >= 0.6 is 0 Å². The zero-order chi connectivity index (χ0) is 15.5. The highest BCUT2D eigenvalue weighted by molar-refractivity contribution is 5.93. The van der Waals surface area contributed by atoms with Crippen molar-refractivity contribution in [2.45, 2.75) is 52.0 Å². The van der Waals surface area contributed by atoms with E-state index in [4.69, 9.17) is 0 Å². The third kappa shape index (κ3) is 3.32. The number of hydrogen-bond acceptors (Lipinski definition) is 2. The molecule has 0 spiro atoms. The summed E-state index contributed by atoms with van der Waals surface area (Å²) in [6.45, 7) is 2.95. The molecule has 1 N–H and O–H groups in total. The number of carbonyl (C=O) groups is 2. The second kappa shape index (κ2) is 6.51. The lowest BCUT2D eigenvalue weighted by molar-refractivity contribution is -0.122. The average molecular weight is 300 g/mol. The minimum atomic E-state index is 0.0939. The third-order valence-corrected chi connectivity index (χ3v) is 4.86. The van der Waals surface area contributed by atoms with Gasteiger partial charge in [0.25, 0.3) is 0 Å². The van der Waals surface area contributed by atoms with E-state index in [1.54, 1.807) is 6.92 Å². The van der Waals surface area contributed by atoms with Crippen LogP contribution in [0, 0.1) is 5.92 Å². The van der Waals surface area contributed by atoms with Crippen molar-refractivity contribution in [2.24, 2.45) is 5.92 Å². The first-order chi connectivity index (χ1) is 10.6. The highest BCUT2D eigenvalue weighted by Crippen LogP contribution is 2.29. The first-order valence-electron chi connectivity index (χ1n) is 8.30. The van der Waals surface area contributed by atoms with Gasteiger partial charge >= 0.3 is 0 Å². The minimum Gasteiger partial charge on any atom is -0.352 e. The van der Waals surface area contributed by atoms with Crippen LogP contribution in [0.5, 0.6) is 0 Å². The Morgan fingerprint density at radius 1 is 1.27 bits per heavy atom. The topological polar surface area (TPSA) is 49.4 Å². The standard InChI is InChI=1S/C18H24N2O2/c1-13(21)20-9-8-16-10-15(6-7-17(16)20)12-19-18(22)11-14-4-2-3-5-14/h6-7,10,14H,2-5,8-9,11-12H2,1H3,(H,19,22). The normalized spacial score (nSPS) is 17.6. The van der Waals surface area contributed by atoms with Crippen LogP contribution in [0.25, 0.3) is 0 Å². The Morgan fingerprint density at radius 3 is 2.77 bits per heavy atom. The van der Waals surface area contributed by atoms with Gasteiger partial charge in [0.1, 0.15) is 0 Å². The van der Waals surface area contributed by atoms with E-state index in [0.717, 1.165) is 24.2 Å². The molecule has 1 saturated carbocycles. The Labute approximate surface area is 131 Å². The SMILES string of the molecule is CC(=O)N1CCc2cc(CNC(=O)CC3CCCC3)ccc21. The monoisotopic (exact) mass is 300 g/mol. The van der Waals surface area contributed by atoms with E-state index in [1.807, 2.05) is 17.0 Å². The molecule has 0 atom stereocenters. The first-order valence-corrected chi connectivity index (χ1v) is 8.30. The summed E-state index contributed by atoms with van der Waals surface area (Å²) in [5.74, 6) is 0.846. The molecular formula is C18H24N2O2. The lowest BCUT2D eigenvalue weighted by atomic mass is 10.0.